The van der Waals surface area contributed by atoms with Crippen LogP contribution in [0.15, 0.2) is 89.6 Å². The standard InChI is InChI=1S/C30H25BrFN3O2/c1-2-5-22-14-21(16-27(31)29(22)37-19-20-8-10-25(32)11-9-20)15-24(17-33)30(36)34-13-12-23-18-35-28-7-4-3-6-26(23)28/h2-4,6-11,14-16,18,35H,1,5,12-13,19H2,(H,34,36)/b24-15-. The molecular formula is C30H25BrFN3O2. The molecule has 186 valence electrons. The highest BCUT2D eigenvalue weighted by molar-refractivity contribution is 9.10. The van der Waals surface area contributed by atoms with Crippen LogP contribution in [0.5, 0.6) is 5.75 Å². The lowest BCUT2D eigenvalue weighted by atomic mass is 10.0. The van der Waals surface area contributed by atoms with Gasteiger partial charge in [-0.25, -0.2) is 4.39 Å². The Morgan fingerprint density at radius 2 is 1.95 bits per heavy atom. The van der Waals surface area contributed by atoms with Crippen LogP contribution in [0.4, 0.5) is 4.39 Å². The summed E-state index contributed by atoms with van der Waals surface area (Å²) in [6, 6.07) is 19.8. The Labute approximate surface area is 223 Å². The number of carbonyl (C=O) groups excluding carboxylic acids is 1. The van der Waals surface area contributed by atoms with E-state index in [0.29, 0.717) is 35.2 Å². The predicted octanol–water partition coefficient (Wildman–Crippen LogP) is 6.64. The van der Waals surface area contributed by atoms with Gasteiger partial charge in [0.1, 0.15) is 29.8 Å². The molecule has 4 aromatic rings. The third-order valence-corrected chi connectivity index (χ3v) is 6.42. The number of nitriles is 1. The Kier molecular flexibility index (Phi) is 8.55. The number of hydrogen-bond acceptors (Lipinski definition) is 3. The molecule has 0 radical (unpaired) electrons. The summed E-state index contributed by atoms with van der Waals surface area (Å²) in [6.45, 7) is 4.49. The molecule has 0 aliphatic heterocycles. The van der Waals surface area contributed by atoms with Crippen molar-refractivity contribution in [1.29, 1.82) is 5.26 Å². The lowest BCUT2D eigenvalue weighted by molar-refractivity contribution is -0.117. The van der Waals surface area contributed by atoms with E-state index in [-0.39, 0.29) is 18.0 Å². The van der Waals surface area contributed by atoms with Crippen molar-refractivity contribution < 1.29 is 13.9 Å². The van der Waals surface area contributed by atoms with Gasteiger partial charge in [-0.15, -0.1) is 6.58 Å². The van der Waals surface area contributed by atoms with Crippen LogP contribution in [0.3, 0.4) is 0 Å². The highest BCUT2D eigenvalue weighted by Crippen LogP contribution is 2.33. The van der Waals surface area contributed by atoms with Crippen molar-refractivity contribution >= 4 is 38.8 Å². The predicted molar refractivity (Wildman–Crippen MR) is 147 cm³/mol. The van der Waals surface area contributed by atoms with Crippen LogP contribution >= 0.6 is 15.9 Å². The Morgan fingerprint density at radius 1 is 1.16 bits per heavy atom. The van der Waals surface area contributed by atoms with Crippen molar-refractivity contribution in [3.63, 3.8) is 0 Å². The summed E-state index contributed by atoms with van der Waals surface area (Å²) in [4.78, 5) is 16.0. The van der Waals surface area contributed by atoms with E-state index in [0.717, 1.165) is 27.6 Å². The summed E-state index contributed by atoms with van der Waals surface area (Å²) in [5, 5.41) is 13.6. The molecule has 0 saturated carbocycles. The molecule has 2 N–H and O–H groups in total. The number of H-pyrrole nitrogens is 1. The minimum absolute atomic E-state index is 0.00959. The molecule has 1 amide bonds. The molecule has 1 aromatic heterocycles. The Hall–Kier alpha value is -4.15. The molecule has 0 unspecified atom stereocenters. The largest absolute Gasteiger partial charge is 0.487 e. The number of rotatable bonds is 10. The fraction of sp³-hybridized carbons (Fsp3) is 0.133. The molecule has 0 aliphatic carbocycles. The number of aromatic amines is 1. The minimum Gasteiger partial charge on any atom is -0.487 e. The first-order valence-corrected chi connectivity index (χ1v) is 12.5. The average molecular weight is 558 g/mol. The van der Waals surface area contributed by atoms with E-state index in [2.05, 4.69) is 32.8 Å². The van der Waals surface area contributed by atoms with Crippen LogP contribution in [0.2, 0.25) is 0 Å². The first kappa shape index (κ1) is 25.9. The van der Waals surface area contributed by atoms with Crippen molar-refractivity contribution in [1.82, 2.24) is 10.3 Å². The lowest BCUT2D eigenvalue weighted by Gasteiger charge is -2.14. The summed E-state index contributed by atoms with van der Waals surface area (Å²) in [7, 11) is 0. The number of carbonyl (C=O) groups is 1. The van der Waals surface area contributed by atoms with Gasteiger partial charge in [-0.1, -0.05) is 36.4 Å². The van der Waals surface area contributed by atoms with E-state index in [4.69, 9.17) is 4.74 Å². The van der Waals surface area contributed by atoms with E-state index in [1.807, 2.05) is 42.6 Å². The smallest absolute Gasteiger partial charge is 0.261 e. The Balaban J connectivity index is 1.46. The van der Waals surface area contributed by atoms with E-state index < -0.39 is 5.91 Å². The number of halogens is 2. The topological polar surface area (TPSA) is 77.9 Å². The molecular weight excluding hydrogens is 533 g/mol. The quantitative estimate of drug-likeness (QED) is 0.130. The number of benzene rings is 3. The Bertz CT molecular complexity index is 1500. The summed E-state index contributed by atoms with van der Waals surface area (Å²) >= 11 is 3.55. The normalized spacial score (nSPS) is 11.2. The maximum Gasteiger partial charge on any atom is 0.261 e. The average Bonchev–Trinajstić information content (AvgIpc) is 3.31. The summed E-state index contributed by atoms with van der Waals surface area (Å²) < 4.78 is 19.9. The molecule has 0 atom stereocenters. The fourth-order valence-corrected chi connectivity index (χ4v) is 4.65. The van der Waals surface area contributed by atoms with Gasteiger partial charge in [-0.3, -0.25) is 4.79 Å². The van der Waals surface area contributed by atoms with Crippen molar-refractivity contribution in [3.05, 3.63) is 118 Å². The Morgan fingerprint density at radius 3 is 2.70 bits per heavy atom. The zero-order chi connectivity index (χ0) is 26.2. The van der Waals surface area contributed by atoms with Crippen molar-refractivity contribution in [2.45, 2.75) is 19.4 Å². The highest BCUT2D eigenvalue weighted by atomic mass is 79.9. The maximum absolute atomic E-state index is 13.2. The number of allylic oxidation sites excluding steroid dienone is 1. The van der Waals surface area contributed by atoms with Gasteiger partial charge in [-0.05, 0) is 87.4 Å². The van der Waals surface area contributed by atoms with E-state index in [1.165, 1.54) is 12.1 Å². The lowest BCUT2D eigenvalue weighted by Crippen LogP contribution is -2.26. The van der Waals surface area contributed by atoms with Gasteiger partial charge in [0.25, 0.3) is 5.91 Å². The summed E-state index contributed by atoms with van der Waals surface area (Å²) in [5.74, 6) is -0.104. The highest BCUT2D eigenvalue weighted by Gasteiger charge is 2.14. The molecule has 5 nitrogen and oxygen atoms in total. The zero-order valence-electron chi connectivity index (χ0n) is 20.1. The third kappa shape index (κ3) is 6.54. The number of nitrogens with one attached hydrogen (secondary N) is 2. The molecule has 0 spiro atoms. The van der Waals surface area contributed by atoms with Gasteiger partial charge >= 0.3 is 0 Å². The molecule has 0 bridgehead atoms. The van der Waals surface area contributed by atoms with Crippen molar-refractivity contribution in [3.8, 4) is 11.8 Å². The number of nitrogens with zero attached hydrogens (tertiary/aromatic N) is 1. The van der Waals surface area contributed by atoms with Gasteiger partial charge in [0.05, 0.1) is 4.47 Å². The van der Waals surface area contributed by atoms with Gasteiger partial charge < -0.3 is 15.0 Å². The van der Waals surface area contributed by atoms with Gasteiger partial charge in [0.2, 0.25) is 0 Å². The van der Waals surface area contributed by atoms with Gasteiger partial charge in [-0.2, -0.15) is 5.26 Å². The first-order chi connectivity index (χ1) is 18.0. The summed E-state index contributed by atoms with van der Waals surface area (Å²) in [6.07, 6.45) is 6.42. The number of hydrogen-bond donors (Lipinski definition) is 2. The summed E-state index contributed by atoms with van der Waals surface area (Å²) in [5.41, 5.74) is 4.52. The second-order valence-electron chi connectivity index (χ2n) is 8.43. The van der Waals surface area contributed by atoms with Gasteiger partial charge in [0.15, 0.2) is 0 Å². The fourth-order valence-electron chi connectivity index (χ4n) is 4.02. The maximum atomic E-state index is 13.2. The van der Waals surface area contributed by atoms with Crippen molar-refractivity contribution in [2.24, 2.45) is 0 Å². The molecule has 3 aromatic carbocycles. The molecule has 0 aliphatic rings. The number of amides is 1. The number of ether oxygens (including phenoxy) is 1. The van der Waals surface area contributed by atoms with Crippen LogP contribution in [0, 0.1) is 17.1 Å². The zero-order valence-corrected chi connectivity index (χ0v) is 21.6. The molecule has 1 heterocycles. The van der Waals surface area contributed by atoms with E-state index >= 15 is 0 Å². The van der Waals surface area contributed by atoms with Crippen LogP contribution in [-0.4, -0.2) is 17.4 Å². The van der Waals surface area contributed by atoms with Crippen molar-refractivity contribution in [2.75, 3.05) is 6.54 Å². The number of aromatic nitrogens is 1. The van der Waals surface area contributed by atoms with Crippen LogP contribution in [0.25, 0.3) is 17.0 Å². The van der Waals surface area contributed by atoms with E-state index in [9.17, 15) is 14.4 Å². The molecule has 4 rings (SSSR count). The minimum atomic E-state index is -0.430. The molecule has 37 heavy (non-hydrogen) atoms. The third-order valence-electron chi connectivity index (χ3n) is 5.83. The monoisotopic (exact) mass is 557 g/mol. The molecule has 7 heteroatoms. The first-order valence-electron chi connectivity index (χ1n) is 11.7. The van der Waals surface area contributed by atoms with Crippen LogP contribution < -0.4 is 10.1 Å². The second kappa shape index (κ2) is 12.2. The SMILES string of the molecule is C=CCc1cc(/C=C(/C#N)C(=O)NCCc2c[nH]c3ccccc23)cc(Br)c1OCc1ccc(F)cc1. The van der Waals surface area contributed by atoms with Crippen LogP contribution in [-0.2, 0) is 24.2 Å². The van der Waals surface area contributed by atoms with Gasteiger partial charge in [0, 0.05) is 23.6 Å². The van der Waals surface area contributed by atoms with Crippen LogP contribution in [0.1, 0.15) is 22.3 Å². The molecule has 0 fully saturated rings. The number of para-hydroxylation sites is 1. The second-order valence-corrected chi connectivity index (χ2v) is 9.29. The number of fused-ring (bicyclic) bond motifs is 1. The van der Waals surface area contributed by atoms with E-state index in [1.54, 1.807) is 30.4 Å². The molecule has 0 saturated heterocycles.